The van der Waals surface area contributed by atoms with Crippen molar-refractivity contribution in [2.24, 2.45) is 0 Å². The summed E-state index contributed by atoms with van der Waals surface area (Å²) in [7, 11) is -1.39. The molecular formula is C28H29FSi2. The van der Waals surface area contributed by atoms with Gasteiger partial charge < -0.3 is 0 Å². The van der Waals surface area contributed by atoms with Gasteiger partial charge in [0.2, 0.25) is 0 Å². The molecule has 0 aromatic heterocycles. The van der Waals surface area contributed by atoms with Gasteiger partial charge in [-0.2, -0.15) is 0 Å². The molecule has 0 amide bonds. The van der Waals surface area contributed by atoms with Crippen LogP contribution in [0.3, 0.4) is 0 Å². The lowest BCUT2D eigenvalue weighted by atomic mass is 10.1. The van der Waals surface area contributed by atoms with Gasteiger partial charge in [-0.3, -0.25) is 0 Å². The van der Waals surface area contributed by atoms with Crippen molar-refractivity contribution in [2.45, 2.75) is 23.8 Å². The predicted octanol–water partition coefficient (Wildman–Crippen LogP) is 7.31. The third-order valence-electron chi connectivity index (χ3n) is 5.27. The van der Waals surface area contributed by atoms with E-state index < -0.39 is 17.6 Å². The summed E-state index contributed by atoms with van der Waals surface area (Å²) in [4.78, 5) is 0. The van der Waals surface area contributed by atoms with Crippen LogP contribution in [-0.2, 0) is 0 Å². The normalized spacial score (nSPS) is 11.3. The van der Waals surface area contributed by atoms with Gasteiger partial charge >= 0.3 is 0 Å². The van der Waals surface area contributed by atoms with Crippen molar-refractivity contribution in [3.8, 4) is 11.1 Å². The molecule has 0 bridgehead atoms. The van der Waals surface area contributed by atoms with Crippen LogP contribution in [0.2, 0.25) is 23.8 Å². The highest BCUT2D eigenvalue weighted by Gasteiger charge is 2.21. The second-order valence-corrected chi connectivity index (χ2v) is 13.5. The van der Waals surface area contributed by atoms with Crippen molar-refractivity contribution in [3.63, 3.8) is 0 Å². The first-order chi connectivity index (χ1) is 15.2. The third kappa shape index (κ3) is 6.88. The van der Waals surface area contributed by atoms with Crippen LogP contribution in [0.5, 0.6) is 0 Å². The van der Waals surface area contributed by atoms with Gasteiger partial charge in [0, 0.05) is 0 Å². The first-order valence-electron chi connectivity index (χ1n) is 10.7. The summed E-state index contributed by atoms with van der Waals surface area (Å²) < 4.78 is 13.1. The Balaban J connectivity index is 1.79. The monoisotopic (exact) mass is 440 g/mol. The number of hydrogen-bond donors (Lipinski definition) is 0. The zero-order chi connectivity index (χ0) is 21.9. The number of halogens is 1. The predicted molar refractivity (Wildman–Crippen MR) is 138 cm³/mol. The fourth-order valence-electron chi connectivity index (χ4n) is 3.78. The molecule has 156 valence electrons. The second kappa shape index (κ2) is 12.2. The van der Waals surface area contributed by atoms with E-state index in [2.05, 4.69) is 92.1 Å². The van der Waals surface area contributed by atoms with Gasteiger partial charge in [-0.05, 0) is 47.0 Å². The lowest BCUT2D eigenvalue weighted by Crippen LogP contribution is -2.35. The summed E-state index contributed by atoms with van der Waals surface area (Å²) in [5.74, 6) is -0.192. The van der Waals surface area contributed by atoms with Crippen LogP contribution in [0.4, 0.5) is 4.39 Å². The lowest BCUT2D eigenvalue weighted by molar-refractivity contribution is 0.628. The Morgan fingerprint density at radius 3 is 2.13 bits per heavy atom. The number of benzene rings is 3. The van der Waals surface area contributed by atoms with Gasteiger partial charge in [0.25, 0.3) is 0 Å². The summed E-state index contributed by atoms with van der Waals surface area (Å²) in [6.07, 6.45) is 8.56. The van der Waals surface area contributed by atoms with Gasteiger partial charge in [-0.15, -0.1) is 13.2 Å². The van der Waals surface area contributed by atoms with Gasteiger partial charge in [0.05, 0.1) is 17.6 Å². The highest BCUT2D eigenvalue weighted by atomic mass is 28.3. The smallest absolute Gasteiger partial charge is 0.123 e. The van der Waals surface area contributed by atoms with E-state index in [9.17, 15) is 4.39 Å². The molecule has 0 aliphatic carbocycles. The van der Waals surface area contributed by atoms with Crippen LogP contribution in [-0.4, -0.2) is 17.6 Å². The van der Waals surface area contributed by atoms with Crippen molar-refractivity contribution < 1.29 is 4.39 Å². The molecule has 0 aliphatic heterocycles. The minimum absolute atomic E-state index is 0.192. The van der Waals surface area contributed by atoms with Crippen molar-refractivity contribution in [2.75, 3.05) is 0 Å². The molecule has 3 aromatic carbocycles. The Morgan fingerprint density at radius 1 is 0.742 bits per heavy atom. The minimum Gasteiger partial charge on any atom is -0.207 e. The quantitative estimate of drug-likeness (QED) is 0.216. The van der Waals surface area contributed by atoms with Crippen LogP contribution in [0.1, 0.15) is 5.56 Å². The number of hydrogen-bond acceptors (Lipinski definition) is 0. The molecule has 0 heterocycles. The zero-order valence-corrected chi connectivity index (χ0v) is 19.9. The summed E-state index contributed by atoms with van der Waals surface area (Å²) >= 11 is 0. The van der Waals surface area contributed by atoms with Crippen molar-refractivity contribution in [3.05, 3.63) is 122 Å². The van der Waals surface area contributed by atoms with Crippen LogP contribution in [0, 0.1) is 5.82 Å². The zero-order valence-electron chi connectivity index (χ0n) is 17.9. The largest absolute Gasteiger partial charge is 0.207 e. The Morgan fingerprint density at radius 2 is 1.42 bits per heavy atom. The van der Waals surface area contributed by atoms with E-state index in [1.807, 2.05) is 12.1 Å². The molecule has 0 spiro atoms. The van der Waals surface area contributed by atoms with Gasteiger partial charge in [0.15, 0.2) is 0 Å². The van der Waals surface area contributed by atoms with Crippen molar-refractivity contribution >= 4 is 28.9 Å². The minimum atomic E-state index is -0.774. The maximum Gasteiger partial charge on any atom is 0.123 e. The Labute approximate surface area is 189 Å². The molecule has 0 unspecified atom stereocenters. The molecule has 3 aromatic rings. The second-order valence-electron chi connectivity index (χ2n) is 7.59. The van der Waals surface area contributed by atoms with E-state index in [0.29, 0.717) is 0 Å². The van der Waals surface area contributed by atoms with Crippen LogP contribution in [0.25, 0.3) is 17.2 Å². The Hall–Kier alpha value is -2.76. The molecule has 0 saturated heterocycles. The van der Waals surface area contributed by atoms with E-state index in [1.54, 1.807) is 0 Å². The molecular weight excluding hydrogens is 411 g/mol. The molecule has 3 rings (SSSR count). The van der Waals surface area contributed by atoms with Crippen LogP contribution < -0.4 is 5.19 Å². The first kappa shape index (κ1) is 22.9. The van der Waals surface area contributed by atoms with E-state index in [-0.39, 0.29) is 5.82 Å². The first-order valence-corrected chi connectivity index (χ1v) is 14.7. The fraction of sp³-hybridized carbons (Fsp3) is 0.143. The standard InChI is InChI=1S/C28H29FSi2/c1-3-20-30(22-10-11-24-16-18-26(29)19-17-24)23-31(21-4-2)28-15-9-8-14-27(28)25-12-6-5-7-13-25/h3-19H,1-2,20-23H2. The number of allylic oxidation sites excluding steroid dienone is 3. The molecule has 0 N–H and O–H groups in total. The average molecular weight is 441 g/mol. The molecule has 0 nitrogen and oxygen atoms in total. The maximum absolute atomic E-state index is 13.1. The molecule has 0 atom stereocenters. The summed E-state index contributed by atoms with van der Waals surface area (Å²) in [6.45, 7) is 8.08. The molecule has 2 radical (unpaired) electrons. The van der Waals surface area contributed by atoms with Gasteiger partial charge in [-0.1, -0.05) is 102 Å². The SMILES string of the molecule is C=CC[Si](CC=Cc1ccc(F)cc1)C[Si](CC=C)c1ccccc1-c1ccccc1. The summed E-state index contributed by atoms with van der Waals surface area (Å²) in [5.41, 5.74) is 4.97. The van der Waals surface area contributed by atoms with Crippen molar-refractivity contribution in [1.82, 2.24) is 0 Å². The highest BCUT2D eigenvalue weighted by Crippen LogP contribution is 2.21. The van der Waals surface area contributed by atoms with E-state index in [1.165, 1.54) is 34.1 Å². The molecule has 31 heavy (non-hydrogen) atoms. The highest BCUT2D eigenvalue weighted by molar-refractivity contribution is 6.86. The molecule has 0 saturated carbocycles. The van der Waals surface area contributed by atoms with Crippen LogP contribution >= 0.6 is 0 Å². The van der Waals surface area contributed by atoms with Crippen molar-refractivity contribution in [1.29, 1.82) is 0 Å². The fourth-order valence-corrected chi connectivity index (χ4v) is 11.2. The molecule has 3 heteroatoms. The lowest BCUT2D eigenvalue weighted by Gasteiger charge is -2.22. The van der Waals surface area contributed by atoms with Gasteiger partial charge in [-0.25, -0.2) is 4.39 Å². The number of rotatable bonds is 11. The third-order valence-corrected chi connectivity index (χ3v) is 12.6. The van der Waals surface area contributed by atoms with Gasteiger partial charge in [0.1, 0.15) is 5.82 Å². The topological polar surface area (TPSA) is 0 Å². The van der Waals surface area contributed by atoms with E-state index in [4.69, 9.17) is 0 Å². The summed E-state index contributed by atoms with van der Waals surface area (Å²) in [6, 6.07) is 29.5. The Bertz CT molecular complexity index is 993. The average Bonchev–Trinajstić information content (AvgIpc) is 2.81. The Kier molecular flexibility index (Phi) is 9.01. The van der Waals surface area contributed by atoms with Crippen LogP contribution in [0.15, 0.2) is 110 Å². The van der Waals surface area contributed by atoms with E-state index in [0.717, 1.165) is 23.7 Å². The maximum atomic E-state index is 13.1. The molecule has 0 aliphatic rings. The van der Waals surface area contributed by atoms with E-state index >= 15 is 0 Å². The summed E-state index contributed by atoms with van der Waals surface area (Å²) in [5, 5.41) is 1.51. The molecule has 0 fully saturated rings.